The molecule has 18 heavy (non-hydrogen) atoms. The Hall–Kier alpha value is -0.340. The minimum Gasteiger partial charge on any atom is -0.396 e. The van der Waals surface area contributed by atoms with Crippen molar-refractivity contribution in [3.8, 4) is 0 Å². The molecule has 0 fully saturated rings. The second-order valence-corrected chi connectivity index (χ2v) is 5.08. The highest BCUT2D eigenvalue weighted by molar-refractivity contribution is 4.99. The number of hydrogen-bond donors (Lipinski definition) is 1. The van der Waals surface area contributed by atoms with Gasteiger partial charge in [-0.25, -0.2) is 0 Å². The molecule has 0 aliphatic carbocycles. The van der Waals surface area contributed by atoms with Crippen LogP contribution >= 0.6 is 0 Å². The van der Waals surface area contributed by atoms with E-state index < -0.39 is 0 Å². The Balaban J connectivity index is 3.72. The Morgan fingerprint density at radius 2 is 1.89 bits per heavy atom. The molecule has 0 aliphatic heterocycles. The molecule has 0 aromatic carbocycles. The fourth-order valence-electron chi connectivity index (χ4n) is 2.17. The van der Waals surface area contributed by atoms with E-state index in [2.05, 4.69) is 26.8 Å². The van der Waals surface area contributed by atoms with Crippen LogP contribution in [0.15, 0.2) is 11.6 Å². The zero-order valence-electron chi connectivity index (χ0n) is 12.6. The van der Waals surface area contributed by atoms with Crippen LogP contribution in [0.5, 0.6) is 0 Å². The van der Waals surface area contributed by atoms with E-state index in [1.165, 1.54) is 18.4 Å². The highest BCUT2D eigenvalue weighted by Gasteiger charge is 2.08. The largest absolute Gasteiger partial charge is 0.396 e. The van der Waals surface area contributed by atoms with E-state index in [0.717, 1.165) is 45.1 Å². The molecule has 0 bridgehead atoms. The molecule has 0 rings (SSSR count). The van der Waals surface area contributed by atoms with Crippen LogP contribution in [0, 0.1) is 0 Å². The predicted molar refractivity (Wildman–Crippen MR) is 78.9 cm³/mol. The number of aliphatic hydroxyl groups is 1. The summed E-state index contributed by atoms with van der Waals surface area (Å²) in [6, 6.07) is 0. The Labute approximate surface area is 113 Å². The number of hydrogen-bond acceptors (Lipinski definition) is 2. The lowest BCUT2D eigenvalue weighted by molar-refractivity contribution is 0.0445. The molecule has 0 heterocycles. The highest BCUT2D eigenvalue weighted by Crippen LogP contribution is 2.14. The van der Waals surface area contributed by atoms with Gasteiger partial charge >= 0.3 is 0 Å². The van der Waals surface area contributed by atoms with Gasteiger partial charge in [0.1, 0.15) is 0 Å². The molecule has 0 saturated carbocycles. The molecular weight excluding hydrogens is 224 g/mol. The second-order valence-electron chi connectivity index (χ2n) is 5.08. The van der Waals surface area contributed by atoms with Crippen LogP contribution < -0.4 is 0 Å². The van der Waals surface area contributed by atoms with Crippen LogP contribution in [0.1, 0.15) is 72.1 Å². The molecule has 2 nitrogen and oxygen atoms in total. The standard InChI is InChI=1S/C16H32O2/c1-4-10-15(3)14-16(11-5-2)18-13-9-7-6-8-12-17/h10,16-17H,4-9,11-14H2,1-3H3/b15-10+/t16-/m1/s1. The van der Waals surface area contributed by atoms with Crippen LogP contribution in [0.25, 0.3) is 0 Å². The molecule has 0 unspecified atom stereocenters. The number of allylic oxidation sites excluding steroid dienone is 1. The van der Waals surface area contributed by atoms with Gasteiger partial charge in [0.15, 0.2) is 0 Å². The van der Waals surface area contributed by atoms with E-state index in [1.807, 2.05) is 0 Å². The fraction of sp³-hybridized carbons (Fsp3) is 0.875. The Kier molecular flexibility index (Phi) is 12.9. The van der Waals surface area contributed by atoms with Crippen molar-refractivity contribution in [3.05, 3.63) is 11.6 Å². The van der Waals surface area contributed by atoms with Crippen molar-refractivity contribution in [2.45, 2.75) is 78.2 Å². The predicted octanol–water partition coefficient (Wildman–Crippen LogP) is 4.47. The molecule has 0 aromatic heterocycles. The first-order valence-electron chi connectivity index (χ1n) is 7.62. The van der Waals surface area contributed by atoms with Crippen molar-refractivity contribution in [3.63, 3.8) is 0 Å². The van der Waals surface area contributed by atoms with Gasteiger partial charge in [0, 0.05) is 13.2 Å². The summed E-state index contributed by atoms with van der Waals surface area (Å²) in [4.78, 5) is 0. The maximum Gasteiger partial charge on any atom is 0.0612 e. The van der Waals surface area contributed by atoms with Crippen molar-refractivity contribution in [2.24, 2.45) is 0 Å². The van der Waals surface area contributed by atoms with Gasteiger partial charge in [-0.1, -0.05) is 44.8 Å². The summed E-state index contributed by atoms with van der Waals surface area (Å²) in [7, 11) is 0. The molecule has 0 aromatic rings. The summed E-state index contributed by atoms with van der Waals surface area (Å²) >= 11 is 0. The maximum absolute atomic E-state index is 8.69. The van der Waals surface area contributed by atoms with Gasteiger partial charge in [-0.05, 0) is 39.0 Å². The van der Waals surface area contributed by atoms with Gasteiger partial charge in [0.2, 0.25) is 0 Å². The van der Waals surface area contributed by atoms with Crippen molar-refractivity contribution >= 4 is 0 Å². The number of unbranched alkanes of at least 4 members (excludes halogenated alkanes) is 3. The third kappa shape index (κ3) is 10.8. The minimum atomic E-state index is 0.320. The van der Waals surface area contributed by atoms with E-state index >= 15 is 0 Å². The van der Waals surface area contributed by atoms with Crippen LogP contribution in [0.4, 0.5) is 0 Å². The average Bonchev–Trinajstić information content (AvgIpc) is 2.34. The van der Waals surface area contributed by atoms with Gasteiger partial charge in [-0.2, -0.15) is 0 Å². The summed E-state index contributed by atoms with van der Waals surface area (Å²) in [6.07, 6.45) is 11.6. The average molecular weight is 256 g/mol. The molecule has 0 saturated heterocycles. The monoisotopic (exact) mass is 256 g/mol. The van der Waals surface area contributed by atoms with Crippen molar-refractivity contribution in [1.29, 1.82) is 0 Å². The van der Waals surface area contributed by atoms with E-state index in [-0.39, 0.29) is 0 Å². The highest BCUT2D eigenvalue weighted by atomic mass is 16.5. The lowest BCUT2D eigenvalue weighted by Crippen LogP contribution is -2.14. The Morgan fingerprint density at radius 3 is 2.50 bits per heavy atom. The lowest BCUT2D eigenvalue weighted by Gasteiger charge is -2.17. The summed E-state index contributed by atoms with van der Waals surface area (Å²) in [5.74, 6) is 0. The molecule has 0 amide bonds. The first-order chi connectivity index (χ1) is 8.74. The van der Waals surface area contributed by atoms with Crippen LogP contribution in [0.3, 0.4) is 0 Å². The summed E-state index contributed by atoms with van der Waals surface area (Å²) < 4.78 is 5.98. The summed E-state index contributed by atoms with van der Waals surface area (Å²) in [5, 5.41) is 8.69. The molecule has 1 N–H and O–H groups in total. The van der Waals surface area contributed by atoms with Crippen molar-refractivity contribution < 1.29 is 9.84 Å². The smallest absolute Gasteiger partial charge is 0.0612 e. The minimum absolute atomic E-state index is 0.320. The van der Waals surface area contributed by atoms with Gasteiger partial charge in [0.25, 0.3) is 0 Å². The molecule has 0 spiro atoms. The SMILES string of the molecule is CC/C=C(\C)C[C@@H](CCC)OCCCCCCO. The number of rotatable bonds is 12. The van der Waals surface area contributed by atoms with Crippen LogP contribution in [0.2, 0.25) is 0 Å². The first-order valence-corrected chi connectivity index (χ1v) is 7.62. The van der Waals surface area contributed by atoms with Gasteiger partial charge in [-0.3, -0.25) is 0 Å². The summed E-state index contributed by atoms with van der Waals surface area (Å²) in [5.41, 5.74) is 1.45. The topological polar surface area (TPSA) is 29.5 Å². The zero-order chi connectivity index (χ0) is 13.6. The number of ether oxygens (including phenoxy) is 1. The molecular formula is C16H32O2. The normalized spacial score (nSPS) is 13.9. The molecule has 0 aliphatic rings. The lowest BCUT2D eigenvalue weighted by atomic mass is 10.0. The summed E-state index contributed by atoms with van der Waals surface area (Å²) in [6.45, 7) is 7.80. The van der Waals surface area contributed by atoms with E-state index in [9.17, 15) is 0 Å². The molecule has 1 atom stereocenters. The van der Waals surface area contributed by atoms with Crippen molar-refractivity contribution in [2.75, 3.05) is 13.2 Å². The van der Waals surface area contributed by atoms with Gasteiger partial charge < -0.3 is 9.84 Å². The van der Waals surface area contributed by atoms with E-state index in [4.69, 9.17) is 9.84 Å². The van der Waals surface area contributed by atoms with Crippen LogP contribution in [-0.2, 0) is 4.74 Å². The van der Waals surface area contributed by atoms with Crippen molar-refractivity contribution in [1.82, 2.24) is 0 Å². The Morgan fingerprint density at radius 1 is 1.17 bits per heavy atom. The molecule has 2 heteroatoms. The maximum atomic E-state index is 8.69. The zero-order valence-corrected chi connectivity index (χ0v) is 12.6. The van der Waals surface area contributed by atoms with Gasteiger partial charge in [-0.15, -0.1) is 0 Å². The molecule has 0 radical (unpaired) electrons. The Bertz CT molecular complexity index is 199. The third-order valence-corrected chi connectivity index (χ3v) is 3.12. The quantitative estimate of drug-likeness (QED) is 0.412. The van der Waals surface area contributed by atoms with Crippen LogP contribution in [-0.4, -0.2) is 24.4 Å². The molecule has 108 valence electrons. The third-order valence-electron chi connectivity index (χ3n) is 3.12. The van der Waals surface area contributed by atoms with Gasteiger partial charge in [0.05, 0.1) is 6.10 Å². The number of aliphatic hydroxyl groups excluding tert-OH is 1. The van der Waals surface area contributed by atoms with E-state index in [1.54, 1.807) is 0 Å². The second kappa shape index (κ2) is 13.1. The fourth-order valence-corrected chi connectivity index (χ4v) is 2.17. The first kappa shape index (κ1) is 17.7. The van der Waals surface area contributed by atoms with E-state index in [0.29, 0.717) is 12.7 Å².